The minimum absolute atomic E-state index is 0.704. The molecule has 0 atom stereocenters. The first kappa shape index (κ1) is 17.2. The van der Waals surface area contributed by atoms with Crippen molar-refractivity contribution in [3.63, 3.8) is 0 Å². The molecule has 7 heteroatoms. The Morgan fingerprint density at radius 2 is 1.81 bits per heavy atom. The summed E-state index contributed by atoms with van der Waals surface area (Å²) in [4.78, 5) is 13.8. The van der Waals surface area contributed by atoms with Gasteiger partial charge in [0.15, 0.2) is 0 Å². The van der Waals surface area contributed by atoms with Crippen molar-refractivity contribution in [1.29, 1.82) is 5.26 Å². The molecular formula is C20H21N7. The van der Waals surface area contributed by atoms with Crippen molar-refractivity contribution in [1.82, 2.24) is 24.6 Å². The summed E-state index contributed by atoms with van der Waals surface area (Å²) in [6.07, 6.45) is 7.37. The Hall–Kier alpha value is -3.24. The molecule has 0 aliphatic carbocycles. The van der Waals surface area contributed by atoms with E-state index < -0.39 is 0 Å². The maximum absolute atomic E-state index is 8.90. The molecule has 3 aromatic rings. The molecule has 7 nitrogen and oxygen atoms in total. The number of nitrogens with zero attached hydrogens (tertiary/aromatic N) is 7. The van der Waals surface area contributed by atoms with Gasteiger partial charge in [0.1, 0.15) is 5.82 Å². The van der Waals surface area contributed by atoms with Gasteiger partial charge in [0.25, 0.3) is 0 Å². The number of nitriles is 1. The predicted molar refractivity (Wildman–Crippen MR) is 103 cm³/mol. The maximum atomic E-state index is 8.90. The average Bonchev–Trinajstić information content (AvgIpc) is 3.16. The standard InChI is InChI=1S/C20H21N7/c1-25-15-18(11-23-25)19-12-22-13-20(24-19)27-8-6-26(7-9-27)14-17-4-2-16(10-21)3-5-17/h2-5,11-13,15H,6-9,14H2,1H3. The van der Waals surface area contributed by atoms with E-state index in [-0.39, 0.29) is 0 Å². The van der Waals surface area contributed by atoms with Gasteiger partial charge in [-0.05, 0) is 17.7 Å². The summed E-state index contributed by atoms with van der Waals surface area (Å²) < 4.78 is 1.77. The lowest BCUT2D eigenvalue weighted by Gasteiger charge is -2.35. The van der Waals surface area contributed by atoms with Gasteiger partial charge in [0, 0.05) is 51.5 Å². The predicted octanol–water partition coefficient (Wildman–Crippen LogP) is 2.07. The first-order valence-electron chi connectivity index (χ1n) is 8.99. The average molecular weight is 359 g/mol. The van der Waals surface area contributed by atoms with Crippen molar-refractivity contribution < 1.29 is 0 Å². The maximum Gasteiger partial charge on any atom is 0.147 e. The fraction of sp³-hybridized carbons (Fsp3) is 0.300. The van der Waals surface area contributed by atoms with E-state index in [1.165, 1.54) is 5.56 Å². The van der Waals surface area contributed by atoms with Crippen LogP contribution in [0.2, 0.25) is 0 Å². The third-order valence-electron chi connectivity index (χ3n) is 4.81. The van der Waals surface area contributed by atoms with Crippen molar-refractivity contribution in [3.8, 4) is 17.3 Å². The van der Waals surface area contributed by atoms with Gasteiger partial charge >= 0.3 is 0 Å². The highest BCUT2D eigenvalue weighted by molar-refractivity contribution is 5.58. The molecule has 0 amide bonds. The molecule has 0 saturated carbocycles. The van der Waals surface area contributed by atoms with Crippen molar-refractivity contribution in [2.75, 3.05) is 31.1 Å². The Labute approximate surface area is 158 Å². The zero-order valence-corrected chi connectivity index (χ0v) is 15.3. The van der Waals surface area contributed by atoms with Gasteiger partial charge < -0.3 is 4.90 Å². The van der Waals surface area contributed by atoms with Crippen LogP contribution < -0.4 is 4.90 Å². The summed E-state index contributed by atoms with van der Waals surface area (Å²) in [5.41, 5.74) is 3.77. The van der Waals surface area contributed by atoms with Gasteiger partial charge in [-0.2, -0.15) is 10.4 Å². The lowest BCUT2D eigenvalue weighted by atomic mass is 10.1. The highest BCUT2D eigenvalue weighted by Gasteiger charge is 2.19. The highest BCUT2D eigenvalue weighted by atomic mass is 15.3. The van der Waals surface area contributed by atoms with Gasteiger partial charge in [-0.15, -0.1) is 0 Å². The SMILES string of the molecule is Cn1cc(-c2cncc(N3CCN(Cc4ccc(C#N)cc4)CC3)n2)cn1. The number of aromatic nitrogens is 4. The van der Waals surface area contributed by atoms with Crippen LogP contribution in [0, 0.1) is 11.3 Å². The molecule has 3 heterocycles. The number of piperazine rings is 1. The van der Waals surface area contributed by atoms with Crippen LogP contribution in [-0.4, -0.2) is 50.8 Å². The van der Waals surface area contributed by atoms with E-state index in [0.29, 0.717) is 5.56 Å². The molecule has 0 spiro atoms. The molecule has 0 unspecified atom stereocenters. The smallest absolute Gasteiger partial charge is 0.147 e. The molecule has 4 rings (SSSR count). The van der Waals surface area contributed by atoms with E-state index in [0.717, 1.165) is 49.8 Å². The van der Waals surface area contributed by atoms with Crippen molar-refractivity contribution in [2.45, 2.75) is 6.54 Å². The Kier molecular flexibility index (Phi) is 4.81. The summed E-state index contributed by atoms with van der Waals surface area (Å²) in [6.45, 7) is 4.68. The Bertz CT molecular complexity index is 947. The summed E-state index contributed by atoms with van der Waals surface area (Å²) in [5, 5.41) is 13.1. The van der Waals surface area contributed by atoms with Crippen molar-refractivity contribution in [3.05, 3.63) is 60.2 Å². The van der Waals surface area contributed by atoms with Crippen LogP contribution in [0.15, 0.2) is 49.1 Å². The molecule has 0 radical (unpaired) electrons. The summed E-state index contributed by atoms with van der Waals surface area (Å²) in [5.74, 6) is 0.911. The fourth-order valence-corrected chi connectivity index (χ4v) is 3.28. The first-order valence-corrected chi connectivity index (χ1v) is 8.99. The van der Waals surface area contributed by atoms with Crippen LogP contribution in [-0.2, 0) is 13.6 Å². The normalized spacial score (nSPS) is 14.9. The Morgan fingerprint density at radius 3 is 2.48 bits per heavy atom. The lowest BCUT2D eigenvalue weighted by Crippen LogP contribution is -2.46. The number of aryl methyl sites for hydroxylation is 1. The largest absolute Gasteiger partial charge is 0.353 e. The van der Waals surface area contributed by atoms with Crippen molar-refractivity contribution in [2.24, 2.45) is 7.05 Å². The molecule has 0 bridgehead atoms. The van der Waals surface area contributed by atoms with E-state index in [1.54, 1.807) is 10.9 Å². The van der Waals surface area contributed by atoms with E-state index in [2.05, 4.69) is 26.0 Å². The number of hydrogen-bond donors (Lipinski definition) is 0. The zero-order valence-electron chi connectivity index (χ0n) is 15.3. The second-order valence-corrected chi connectivity index (χ2v) is 6.74. The van der Waals surface area contributed by atoms with Gasteiger partial charge in [-0.25, -0.2) is 4.98 Å². The van der Waals surface area contributed by atoms with Gasteiger partial charge in [-0.3, -0.25) is 14.6 Å². The second kappa shape index (κ2) is 7.56. The Balaban J connectivity index is 1.38. The third-order valence-corrected chi connectivity index (χ3v) is 4.81. The summed E-state index contributed by atoms with van der Waals surface area (Å²) in [6, 6.07) is 9.99. The van der Waals surface area contributed by atoms with Crippen LogP contribution in [0.1, 0.15) is 11.1 Å². The van der Waals surface area contributed by atoms with E-state index in [9.17, 15) is 0 Å². The summed E-state index contributed by atoms with van der Waals surface area (Å²) >= 11 is 0. The number of rotatable bonds is 4. The quantitative estimate of drug-likeness (QED) is 0.710. The van der Waals surface area contributed by atoms with Gasteiger partial charge in [0.2, 0.25) is 0 Å². The second-order valence-electron chi connectivity index (χ2n) is 6.74. The van der Waals surface area contributed by atoms with Crippen LogP contribution in [0.3, 0.4) is 0 Å². The molecule has 1 aliphatic heterocycles. The van der Waals surface area contributed by atoms with Gasteiger partial charge in [0.05, 0.1) is 35.9 Å². The van der Waals surface area contributed by atoms with Crippen LogP contribution in [0.4, 0.5) is 5.82 Å². The topological polar surface area (TPSA) is 73.9 Å². The molecule has 1 aliphatic rings. The molecule has 1 aromatic carbocycles. The number of benzene rings is 1. The molecule has 1 fully saturated rings. The molecule has 27 heavy (non-hydrogen) atoms. The zero-order chi connectivity index (χ0) is 18.6. The third kappa shape index (κ3) is 3.96. The van der Waals surface area contributed by atoms with Crippen molar-refractivity contribution >= 4 is 5.82 Å². The number of hydrogen-bond acceptors (Lipinski definition) is 6. The van der Waals surface area contributed by atoms with Crippen LogP contribution >= 0.6 is 0 Å². The molecule has 136 valence electrons. The van der Waals surface area contributed by atoms with E-state index in [1.807, 2.05) is 49.9 Å². The molecule has 2 aromatic heterocycles. The van der Waals surface area contributed by atoms with Gasteiger partial charge in [-0.1, -0.05) is 12.1 Å². The minimum Gasteiger partial charge on any atom is -0.353 e. The van der Waals surface area contributed by atoms with Crippen LogP contribution in [0.5, 0.6) is 0 Å². The lowest BCUT2D eigenvalue weighted by molar-refractivity contribution is 0.249. The van der Waals surface area contributed by atoms with E-state index >= 15 is 0 Å². The monoisotopic (exact) mass is 359 g/mol. The number of anilines is 1. The molecular weight excluding hydrogens is 338 g/mol. The first-order chi connectivity index (χ1) is 13.2. The van der Waals surface area contributed by atoms with Crippen LogP contribution in [0.25, 0.3) is 11.3 Å². The molecule has 0 N–H and O–H groups in total. The fourth-order valence-electron chi connectivity index (χ4n) is 3.28. The minimum atomic E-state index is 0.704. The molecule has 1 saturated heterocycles. The highest BCUT2D eigenvalue weighted by Crippen LogP contribution is 2.20. The Morgan fingerprint density at radius 1 is 1.04 bits per heavy atom. The van der Waals surface area contributed by atoms with E-state index in [4.69, 9.17) is 10.2 Å². The summed E-state index contributed by atoms with van der Waals surface area (Å²) in [7, 11) is 1.90.